The van der Waals surface area contributed by atoms with Crippen LogP contribution in [0.1, 0.15) is 25.3 Å². The topological polar surface area (TPSA) is 98.1 Å². The lowest BCUT2D eigenvalue weighted by molar-refractivity contribution is -0.145. The van der Waals surface area contributed by atoms with E-state index in [1.54, 1.807) is 12.1 Å². The lowest BCUT2D eigenvalue weighted by atomic mass is 9.85. The number of nitrogens with one attached hydrogen (secondary N) is 1. The number of aliphatic carboxylic acids is 1. The summed E-state index contributed by atoms with van der Waals surface area (Å²) in [6.45, 7) is 2.49. The number of carbonyl (C=O) groups is 1. The highest BCUT2D eigenvalue weighted by Crippen LogP contribution is 2.27. The maximum Gasteiger partial charge on any atom is 0.328 e. The zero-order valence-corrected chi connectivity index (χ0v) is 10.9. The normalized spacial score (nSPS) is 13.3. The predicted octanol–water partition coefficient (Wildman–Crippen LogP) is 2.67. The number of rotatable bonds is 8. The number of hydrogen-bond acceptors (Lipinski definition) is 3. The van der Waals surface area contributed by atoms with Crippen molar-refractivity contribution in [3.8, 4) is 0 Å². The maximum atomic E-state index is 11.7. The molecule has 6 heteroatoms. The molecule has 0 radical (unpaired) electrons. The summed E-state index contributed by atoms with van der Waals surface area (Å²) in [4.78, 5) is 14.4. The number of nitrogens with zero attached hydrogens (tertiary/aromatic N) is 3. The van der Waals surface area contributed by atoms with E-state index in [0.717, 1.165) is 6.42 Å². The first-order valence-corrected chi connectivity index (χ1v) is 6.22. The Morgan fingerprint density at radius 2 is 2.16 bits per heavy atom. The van der Waals surface area contributed by atoms with Crippen molar-refractivity contribution in [2.45, 2.75) is 25.3 Å². The van der Waals surface area contributed by atoms with Crippen LogP contribution in [0.4, 0.5) is 0 Å². The fraction of sp³-hybridized carbons (Fsp3) is 0.462. The van der Waals surface area contributed by atoms with Crippen LogP contribution in [0.3, 0.4) is 0 Å². The van der Waals surface area contributed by atoms with Crippen molar-refractivity contribution in [2.24, 2.45) is 5.11 Å². The van der Waals surface area contributed by atoms with Gasteiger partial charge in [-0.15, -0.1) is 0 Å². The molecule has 0 aliphatic rings. The summed E-state index contributed by atoms with van der Waals surface area (Å²) >= 11 is 0. The summed E-state index contributed by atoms with van der Waals surface area (Å²) in [5.41, 5.74) is 7.83. The van der Waals surface area contributed by atoms with E-state index in [4.69, 9.17) is 5.53 Å². The molecule has 1 aromatic rings. The van der Waals surface area contributed by atoms with E-state index in [0.29, 0.717) is 18.5 Å². The molecule has 1 rings (SSSR count). The van der Waals surface area contributed by atoms with Gasteiger partial charge in [-0.2, -0.15) is 0 Å². The van der Waals surface area contributed by atoms with Gasteiger partial charge >= 0.3 is 5.97 Å². The SMILES string of the molecule is CCCC(NCCN=[N+]=[N-])(C(=O)O)c1ccccc1. The molecule has 0 aromatic heterocycles. The molecule has 1 atom stereocenters. The highest BCUT2D eigenvalue weighted by atomic mass is 16.4. The number of carboxylic acids is 1. The fourth-order valence-corrected chi connectivity index (χ4v) is 2.10. The molecule has 1 aromatic carbocycles. The van der Waals surface area contributed by atoms with Gasteiger partial charge in [0, 0.05) is 18.0 Å². The van der Waals surface area contributed by atoms with Crippen LogP contribution in [-0.4, -0.2) is 24.2 Å². The molecule has 0 saturated heterocycles. The minimum atomic E-state index is -1.12. The Bertz CT molecular complexity index is 457. The van der Waals surface area contributed by atoms with Gasteiger partial charge in [0.1, 0.15) is 5.54 Å². The third-order valence-corrected chi connectivity index (χ3v) is 2.96. The summed E-state index contributed by atoms with van der Waals surface area (Å²) in [7, 11) is 0. The van der Waals surface area contributed by atoms with Gasteiger partial charge in [-0.25, -0.2) is 4.79 Å². The van der Waals surface area contributed by atoms with Crippen molar-refractivity contribution in [1.82, 2.24) is 5.32 Å². The van der Waals surface area contributed by atoms with Gasteiger partial charge < -0.3 is 5.11 Å². The van der Waals surface area contributed by atoms with Crippen LogP contribution in [0.15, 0.2) is 35.4 Å². The first kappa shape index (κ1) is 15.0. The molecule has 102 valence electrons. The fourth-order valence-electron chi connectivity index (χ4n) is 2.10. The third kappa shape index (κ3) is 3.71. The monoisotopic (exact) mass is 262 g/mol. The van der Waals surface area contributed by atoms with Crippen molar-refractivity contribution in [1.29, 1.82) is 0 Å². The zero-order chi connectivity index (χ0) is 14.1. The zero-order valence-electron chi connectivity index (χ0n) is 10.9. The van der Waals surface area contributed by atoms with E-state index < -0.39 is 11.5 Å². The smallest absolute Gasteiger partial charge is 0.328 e. The molecular weight excluding hydrogens is 244 g/mol. The molecule has 6 nitrogen and oxygen atoms in total. The minimum absolute atomic E-state index is 0.224. The highest BCUT2D eigenvalue weighted by molar-refractivity contribution is 5.80. The molecule has 0 spiro atoms. The van der Waals surface area contributed by atoms with Gasteiger partial charge in [-0.3, -0.25) is 5.32 Å². The van der Waals surface area contributed by atoms with Gasteiger partial charge in [0.15, 0.2) is 0 Å². The van der Waals surface area contributed by atoms with Crippen molar-refractivity contribution in [2.75, 3.05) is 13.1 Å². The van der Waals surface area contributed by atoms with Crippen LogP contribution >= 0.6 is 0 Å². The molecule has 1 unspecified atom stereocenters. The molecule has 0 amide bonds. The van der Waals surface area contributed by atoms with Crippen molar-refractivity contribution in [3.05, 3.63) is 46.3 Å². The van der Waals surface area contributed by atoms with Crippen molar-refractivity contribution in [3.63, 3.8) is 0 Å². The molecule has 0 aliphatic heterocycles. The van der Waals surface area contributed by atoms with E-state index >= 15 is 0 Å². The van der Waals surface area contributed by atoms with Crippen LogP contribution in [-0.2, 0) is 10.3 Å². The lowest BCUT2D eigenvalue weighted by Crippen LogP contribution is -2.50. The van der Waals surface area contributed by atoms with Gasteiger partial charge in [-0.1, -0.05) is 48.8 Å². The quantitative estimate of drug-likeness (QED) is 0.326. The Morgan fingerprint density at radius 1 is 1.47 bits per heavy atom. The standard InChI is InChI=1S/C13H18N4O2/c1-2-8-13(12(18)19,15-9-10-16-17-14)11-6-4-3-5-7-11/h3-7,15H,2,8-10H2,1H3,(H,18,19). The lowest BCUT2D eigenvalue weighted by Gasteiger charge is -2.31. The Hall–Kier alpha value is -2.04. The second kappa shape index (κ2) is 7.41. The van der Waals surface area contributed by atoms with Crippen molar-refractivity contribution < 1.29 is 9.90 Å². The highest BCUT2D eigenvalue weighted by Gasteiger charge is 2.38. The Morgan fingerprint density at radius 3 is 2.68 bits per heavy atom. The first-order chi connectivity index (χ1) is 9.17. The molecular formula is C13H18N4O2. The van der Waals surface area contributed by atoms with Gasteiger partial charge in [0.25, 0.3) is 0 Å². The molecule has 0 bridgehead atoms. The van der Waals surface area contributed by atoms with Crippen LogP contribution in [0.25, 0.3) is 10.4 Å². The Labute approximate surface area is 112 Å². The minimum Gasteiger partial charge on any atom is -0.480 e. The number of benzene rings is 1. The largest absolute Gasteiger partial charge is 0.480 e. The van der Waals surface area contributed by atoms with E-state index in [2.05, 4.69) is 15.3 Å². The average molecular weight is 262 g/mol. The van der Waals surface area contributed by atoms with Crippen LogP contribution < -0.4 is 5.32 Å². The summed E-state index contributed by atoms with van der Waals surface area (Å²) in [5, 5.41) is 16.0. The maximum absolute atomic E-state index is 11.7. The number of azide groups is 1. The molecule has 0 fully saturated rings. The van der Waals surface area contributed by atoms with E-state index in [9.17, 15) is 9.90 Å². The second-order valence-electron chi connectivity index (χ2n) is 4.21. The first-order valence-electron chi connectivity index (χ1n) is 6.22. The molecule has 19 heavy (non-hydrogen) atoms. The molecule has 0 aliphatic carbocycles. The van der Waals surface area contributed by atoms with Crippen molar-refractivity contribution >= 4 is 5.97 Å². The number of hydrogen-bond donors (Lipinski definition) is 2. The van der Waals surface area contributed by atoms with Crippen LogP contribution in [0, 0.1) is 0 Å². The van der Waals surface area contributed by atoms with E-state index in [1.807, 2.05) is 25.1 Å². The van der Waals surface area contributed by atoms with Gasteiger partial charge in [0.05, 0.1) is 0 Å². The Balaban J connectivity index is 3.00. The third-order valence-electron chi connectivity index (χ3n) is 2.96. The summed E-state index contributed by atoms with van der Waals surface area (Å²) in [6, 6.07) is 9.08. The summed E-state index contributed by atoms with van der Waals surface area (Å²) < 4.78 is 0. The van der Waals surface area contributed by atoms with E-state index in [-0.39, 0.29) is 6.54 Å². The Kier molecular flexibility index (Phi) is 5.85. The number of carboxylic acid groups (broad SMARTS) is 1. The predicted molar refractivity (Wildman–Crippen MR) is 72.7 cm³/mol. The molecule has 0 heterocycles. The summed E-state index contributed by atoms with van der Waals surface area (Å²) in [5.74, 6) is -0.915. The molecule has 2 N–H and O–H groups in total. The summed E-state index contributed by atoms with van der Waals surface area (Å²) in [6.07, 6.45) is 1.21. The average Bonchev–Trinajstić information content (AvgIpc) is 2.43. The van der Waals surface area contributed by atoms with E-state index in [1.165, 1.54) is 0 Å². The molecule has 0 saturated carbocycles. The van der Waals surface area contributed by atoms with Crippen LogP contribution in [0.5, 0.6) is 0 Å². The van der Waals surface area contributed by atoms with Gasteiger partial charge in [0.2, 0.25) is 0 Å². The van der Waals surface area contributed by atoms with Gasteiger partial charge in [-0.05, 0) is 17.5 Å². The second-order valence-corrected chi connectivity index (χ2v) is 4.21. The van der Waals surface area contributed by atoms with Crippen LogP contribution in [0.2, 0.25) is 0 Å².